The van der Waals surface area contributed by atoms with Gasteiger partial charge in [-0.25, -0.2) is 13.4 Å². The second-order valence-corrected chi connectivity index (χ2v) is 10.1. The molecule has 0 radical (unpaired) electrons. The third kappa shape index (κ3) is 4.51. The molecule has 0 unspecified atom stereocenters. The normalized spacial score (nSPS) is 11.4. The monoisotopic (exact) mass is 493 g/mol. The van der Waals surface area contributed by atoms with Crippen LogP contribution in [0.5, 0.6) is 0 Å². The highest BCUT2D eigenvalue weighted by molar-refractivity contribution is 7.93. The van der Waals surface area contributed by atoms with E-state index in [-0.39, 0.29) is 4.90 Å². The standard InChI is InChI=1S/C23H16ClN5O2S2/c24-16-7-5-15(6-8-16)21-19-3-1-2-4-20(19)22(28-27-21)26-17-9-11-18(12-10-17)33(30,31)29-23-25-13-14-32-23/h1-14H,(H,25,29)(H,26,28). The van der Waals surface area contributed by atoms with Crippen molar-refractivity contribution in [1.82, 2.24) is 15.2 Å². The van der Waals surface area contributed by atoms with E-state index in [9.17, 15) is 8.42 Å². The summed E-state index contributed by atoms with van der Waals surface area (Å²) in [5.74, 6) is 0.569. The minimum Gasteiger partial charge on any atom is -0.338 e. The van der Waals surface area contributed by atoms with Gasteiger partial charge in [0.25, 0.3) is 10.0 Å². The molecule has 0 saturated heterocycles. The van der Waals surface area contributed by atoms with Crippen LogP contribution in [-0.2, 0) is 10.0 Å². The SMILES string of the molecule is O=S(=O)(Nc1nccs1)c1ccc(Nc2nnc(-c3ccc(Cl)cc3)c3ccccc23)cc1. The molecule has 2 aromatic heterocycles. The third-order valence-corrected chi connectivity index (χ3v) is 7.31. The smallest absolute Gasteiger partial charge is 0.263 e. The van der Waals surface area contributed by atoms with Crippen LogP contribution in [0, 0.1) is 0 Å². The molecule has 0 fully saturated rings. The summed E-state index contributed by atoms with van der Waals surface area (Å²) in [7, 11) is -3.71. The lowest BCUT2D eigenvalue weighted by Gasteiger charge is -2.12. The van der Waals surface area contributed by atoms with Gasteiger partial charge in [0, 0.05) is 38.6 Å². The van der Waals surface area contributed by atoms with Gasteiger partial charge in [0.2, 0.25) is 0 Å². The van der Waals surface area contributed by atoms with Crippen LogP contribution in [0.1, 0.15) is 0 Å². The number of nitrogens with zero attached hydrogens (tertiary/aromatic N) is 3. The number of rotatable bonds is 6. The highest BCUT2D eigenvalue weighted by Crippen LogP contribution is 2.31. The molecular weight excluding hydrogens is 478 g/mol. The quantitative estimate of drug-likeness (QED) is 0.303. The summed E-state index contributed by atoms with van der Waals surface area (Å²) in [6.07, 6.45) is 1.54. The van der Waals surface area contributed by atoms with Crippen molar-refractivity contribution < 1.29 is 8.42 Å². The van der Waals surface area contributed by atoms with Crippen molar-refractivity contribution in [2.45, 2.75) is 4.90 Å². The highest BCUT2D eigenvalue weighted by Gasteiger charge is 2.16. The number of halogens is 1. The van der Waals surface area contributed by atoms with Crippen LogP contribution in [-0.4, -0.2) is 23.6 Å². The first-order valence-electron chi connectivity index (χ1n) is 9.80. The van der Waals surface area contributed by atoms with Crippen molar-refractivity contribution in [3.63, 3.8) is 0 Å². The zero-order chi connectivity index (χ0) is 22.8. The number of aromatic nitrogens is 3. The first-order valence-corrected chi connectivity index (χ1v) is 12.5. The van der Waals surface area contributed by atoms with Gasteiger partial charge in [-0.15, -0.1) is 21.5 Å². The Balaban J connectivity index is 1.44. The summed E-state index contributed by atoms with van der Waals surface area (Å²) in [6, 6.07) is 21.7. The van der Waals surface area contributed by atoms with E-state index < -0.39 is 10.0 Å². The average molecular weight is 494 g/mol. The van der Waals surface area contributed by atoms with Crippen LogP contribution in [0.3, 0.4) is 0 Å². The minimum absolute atomic E-state index is 0.136. The van der Waals surface area contributed by atoms with Gasteiger partial charge in [-0.1, -0.05) is 48.0 Å². The largest absolute Gasteiger partial charge is 0.338 e. The molecule has 33 heavy (non-hydrogen) atoms. The van der Waals surface area contributed by atoms with E-state index in [4.69, 9.17) is 11.6 Å². The van der Waals surface area contributed by atoms with Gasteiger partial charge in [-0.2, -0.15) is 0 Å². The molecule has 5 aromatic rings. The fraction of sp³-hybridized carbons (Fsp3) is 0. The number of benzene rings is 3. The molecule has 0 atom stereocenters. The van der Waals surface area contributed by atoms with Gasteiger partial charge in [0.1, 0.15) is 5.69 Å². The number of anilines is 3. The Bertz CT molecular complexity index is 1520. The number of sulfonamides is 1. The van der Waals surface area contributed by atoms with Crippen molar-refractivity contribution in [2.75, 3.05) is 10.0 Å². The Morgan fingerprint density at radius 3 is 2.27 bits per heavy atom. The second kappa shape index (κ2) is 8.78. The lowest BCUT2D eigenvalue weighted by molar-refractivity contribution is 0.601. The summed E-state index contributed by atoms with van der Waals surface area (Å²) >= 11 is 7.23. The van der Waals surface area contributed by atoms with Crippen molar-refractivity contribution >= 4 is 60.4 Å². The topological polar surface area (TPSA) is 96.9 Å². The predicted molar refractivity (Wildman–Crippen MR) is 133 cm³/mol. The highest BCUT2D eigenvalue weighted by atomic mass is 35.5. The molecule has 0 amide bonds. The maximum Gasteiger partial charge on any atom is 0.263 e. The average Bonchev–Trinajstić information content (AvgIpc) is 3.33. The van der Waals surface area contributed by atoms with Crippen molar-refractivity contribution in [3.05, 3.63) is 89.4 Å². The zero-order valence-corrected chi connectivity index (χ0v) is 19.3. The van der Waals surface area contributed by atoms with Crippen LogP contribution in [0.4, 0.5) is 16.6 Å². The van der Waals surface area contributed by atoms with Crippen LogP contribution in [0.15, 0.2) is 89.3 Å². The number of fused-ring (bicyclic) bond motifs is 1. The van der Waals surface area contributed by atoms with Crippen LogP contribution in [0.25, 0.3) is 22.0 Å². The molecule has 0 saturated carbocycles. The summed E-state index contributed by atoms with van der Waals surface area (Å²) in [5, 5.41) is 16.6. The van der Waals surface area contributed by atoms with Gasteiger partial charge < -0.3 is 5.32 Å². The van der Waals surface area contributed by atoms with Crippen molar-refractivity contribution in [3.8, 4) is 11.3 Å². The van der Waals surface area contributed by atoms with Crippen LogP contribution >= 0.6 is 22.9 Å². The first-order chi connectivity index (χ1) is 16.0. The second-order valence-electron chi connectivity index (χ2n) is 7.04. The Morgan fingerprint density at radius 2 is 1.58 bits per heavy atom. The van der Waals surface area contributed by atoms with Gasteiger partial charge in [0.15, 0.2) is 10.9 Å². The fourth-order valence-corrected chi connectivity index (χ4v) is 5.23. The predicted octanol–water partition coefficient (Wildman–Crippen LogP) is 5.95. The van der Waals surface area contributed by atoms with E-state index in [1.165, 1.54) is 23.5 Å². The molecule has 7 nitrogen and oxygen atoms in total. The maximum absolute atomic E-state index is 12.5. The van der Waals surface area contributed by atoms with E-state index in [0.29, 0.717) is 21.7 Å². The third-order valence-electron chi connectivity index (χ3n) is 4.89. The molecule has 0 aliphatic rings. The Hall–Kier alpha value is -3.53. The Morgan fingerprint density at radius 1 is 0.848 bits per heavy atom. The molecule has 0 aliphatic heterocycles. The lowest BCUT2D eigenvalue weighted by Crippen LogP contribution is -2.12. The zero-order valence-electron chi connectivity index (χ0n) is 16.9. The molecular formula is C23H16ClN5O2S2. The molecule has 3 aromatic carbocycles. The van der Waals surface area contributed by atoms with E-state index in [0.717, 1.165) is 22.0 Å². The molecule has 0 spiro atoms. The van der Waals surface area contributed by atoms with Crippen LogP contribution in [0.2, 0.25) is 5.02 Å². The van der Waals surface area contributed by atoms with Crippen LogP contribution < -0.4 is 10.0 Å². The number of hydrogen-bond acceptors (Lipinski definition) is 7. The molecule has 0 bridgehead atoms. The van der Waals surface area contributed by atoms with E-state index >= 15 is 0 Å². The van der Waals surface area contributed by atoms with Crippen molar-refractivity contribution in [1.29, 1.82) is 0 Å². The van der Waals surface area contributed by atoms with Gasteiger partial charge in [-0.3, -0.25) is 4.72 Å². The van der Waals surface area contributed by atoms with Gasteiger partial charge in [0.05, 0.1) is 4.90 Å². The van der Waals surface area contributed by atoms with E-state index in [1.54, 1.807) is 23.7 Å². The molecule has 5 rings (SSSR count). The summed E-state index contributed by atoms with van der Waals surface area (Å²) in [5.41, 5.74) is 2.35. The Kier molecular flexibility index (Phi) is 5.67. The number of nitrogens with one attached hydrogen (secondary N) is 2. The van der Waals surface area contributed by atoms with E-state index in [2.05, 4.69) is 25.2 Å². The minimum atomic E-state index is -3.71. The van der Waals surface area contributed by atoms with Gasteiger partial charge >= 0.3 is 0 Å². The molecule has 164 valence electrons. The molecule has 2 heterocycles. The Labute approximate surface area is 199 Å². The van der Waals surface area contributed by atoms with Gasteiger partial charge in [-0.05, 0) is 36.4 Å². The lowest BCUT2D eigenvalue weighted by atomic mass is 10.0. The number of hydrogen-bond donors (Lipinski definition) is 2. The molecule has 10 heteroatoms. The van der Waals surface area contributed by atoms with E-state index in [1.807, 2.05) is 48.5 Å². The van der Waals surface area contributed by atoms with Crippen molar-refractivity contribution in [2.24, 2.45) is 0 Å². The maximum atomic E-state index is 12.5. The first kappa shape index (κ1) is 21.3. The summed E-state index contributed by atoms with van der Waals surface area (Å²) in [6.45, 7) is 0. The number of thiazole rings is 1. The fourth-order valence-electron chi connectivity index (χ4n) is 3.32. The molecule has 2 N–H and O–H groups in total. The molecule has 0 aliphatic carbocycles. The summed E-state index contributed by atoms with van der Waals surface area (Å²) in [4.78, 5) is 4.09. The summed E-state index contributed by atoms with van der Waals surface area (Å²) < 4.78 is 27.5.